The minimum atomic E-state index is -0.0630. The Morgan fingerprint density at radius 3 is 2.46 bits per heavy atom. The summed E-state index contributed by atoms with van der Waals surface area (Å²) in [4.78, 5) is 22.1. The molecule has 0 saturated carbocycles. The van der Waals surface area contributed by atoms with Crippen LogP contribution in [0.5, 0.6) is 0 Å². The largest absolute Gasteiger partial charge is 0.299 e. The van der Waals surface area contributed by atoms with Crippen molar-refractivity contribution in [2.45, 2.75) is 32.1 Å². The van der Waals surface area contributed by atoms with Gasteiger partial charge in [-0.2, -0.15) is 0 Å². The number of Topliss-reactive ketones (excluding diaryl/α,β-unsaturated/α-hetero) is 2. The molecule has 0 atom stereocenters. The lowest BCUT2D eigenvalue weighted by Crippen LogP contribution is -2.06. The summed E-state index contributed by atoms with van der Waals surface area (Å²) in [5.74, 6) is 2.28. The van der Waals surface area contributed by atoms with Crippen LogP contribution in [0.2, 0.25) is 0 Å². The van der Waals surface area contributed by atoms with Gasteiger partial charge in [0.05, 0.1) is 6.42 Å². The van der Waals surface area contributed by atoms with Crippen LogP contribution < -0.4 is 0 Å². The third-order valence-corrected chi connectivity index (χ3v) is 1.57. The average Bonchev–Trinajstić information content (AvgIpc) is 2.11. The Hall–Kier alpha value is -1.36. The predicted molar refractivity (Wildman–Crippen MR) is 52.1 cm³/mol. The number of terminal acetylenes is 1. The lowest BCUT2D eigenvalue weighted by Gasteiger charge is -1.96. The number of carbonyl (C=O) groups excluding carboxylic acids is 2. The van der Waals surface area contributed by atoms with Gasteiger partial charge in [0.2, 0.25) is 0 Å². The van der Waals surface area contributed by atoms with Crippen molar-refractivity contribution in [1.82, 2.24) is 0 Å². The van der Waals surface area contributed by atoms with Gasteiger partial charge in [-0.05, 0) is 6.42 Å². The molecule has 0 aromatic rings. The zero-order chi connectivity index (χ0) is 10.1. The fraction of sp³-hybridized carbons (Fsp3) is 0.455. The number of hydrogen-bond donors (Lipinski definition) is 0. The summed E-state index contributed by atoms with van der Waals surface area (Å²) in [5, 5.41) is 0. The van der Waals surface area contributed by atoms with E-state index in [-0.39, 0.29) is 18.0 Å². The molecule has 13 heavy (non-hydrogen) atoms. The Balaban J connectivity index is 3.60. The Labute approximate surface area is 79.0 Å². The van der Waals surface area contributed by atoms with Gasteiger partial charge in [-0.3, -0.25) is 9.59 Å². The molecule has 0 radical (unpaired) electrons. The van der Waals surface area contributed by atoms with Crippen LogP contribution in [0.4, 0.5) is 0 Å². The Bertz CT molecular complexity index is 233. The van der Waals surface area contributed by atoms with Gasteiger partial charge in [-0.25, -0.2) is 0 Å². The van der Waals surface area contributed by atoms with Crippen molar-refractivity contribution in [3.8, 4) is 12.3 Å². The van der Waals surface area contributed by atoms with E-state index in [9.17, 15) is 9.59 Å². The fourth-order valence-electron chi connectivity index (χ4n) is 0.871. The quantitative estimate of drug-likeness (QED) is 0.339. The molecular formula is C11H14O2. The summed E-state index contributed by atoms with van der Waals surface area (Å²) >= 11 is 0. The van der Waals surface area contributed by atoms with Crippen molar-refractivity contribution < 1.29 is 9.59 Å². The predicted octanol–water partition coefficient (Wildman–Crippen LogP) is 1.89. The average molecular weight is 178 g/mol. The SMILES string of the molecule is C#CCCC(=O)CC(=O)CCC=C. The molecule has 0 aliphatic carbocycles. The molecule has 2 nitrogen and oxygen atoms in total. The summed E-state index contributed by atoms with van der Waals surface area (Å²) < 4.78 is 0. The van der Waals surface area contributed by atoms with E-state index < -0.39 is 0 Å². The lowest BCUT2D eigenvalue weighted by molar-refractivity contribution is -0.126. The summed E-state index contributed by atoms with van der Waals surface area (Å²) in [5.41, 5.74) is 0. The highest BCUT2D eigenvalue weighted by Gasteiger charge is 2.07. The normalized spacial score (nSPS) is 8.85. The second kappa shape index (κ2) is 7.30. The van der Waals surface area contributed by atoms with Crippen molar-refractivity contribution in [2.24, 2.45) is 0 Å². The van der Waals surface area contributed by atoms with Gasteiger partial charge in [0.1, 0.15) is 11.6 Å². The Morgan fingerprint density at radius 2 is 1.92 bits per heavy atom. The minimum Gasteiger partial charge on any atom is -0.299 e. The molecule has 0 bridgehead atoms. The molecule has 0 rings (SSSR count). The molecule has 0 spiro atoms. The van der Waals surface area contributed by atoms with Crippen LogP contribution in [0.25, 0.3) is 0 Å². The minimum absolute atomic E-state index is 0.0233. The van der Waals surface area contributed by atoms with Gasteiger partial charge in [-0.1, -0.05) is 6.08 Å². The van der Waals surface area contributed by atoms with E-state index in [1.165, 1.54) is 0 Å². The van der Waals surface area contributed by atoms with Crippen LogP contribution in [0, 0.1) is 12.3 Å². The van der Waals surface area contributed by atoms with Crippen LogP contribution in [0.15, 0.2) is 12.7 Å². The Kier molecular flexibility index (Phi) is 6.53. The maximum Gasteiger partial charge on any atom is 0.141 e. The zero-order valence-electron chi connectivity index (χ0n) is 7.71. The van der Waals surface area contributed by atoms with Crippen LogP contribution in [-0.4, -0.2) is 11.6 Å². The molecule has 2 heteroatoms. The molecule has 0 aromatic carbocycles. The monoisotopic (exact) mass is 178 g/mol. The van der Waals surface area contributed by atoms with Crippen molar-refractivity contribution >= 4 is 11.6 Å². The van der Waals surface area contributed by atoms with Gasteiger partial charge in [0.15, 0.2) is 0 Å². The first-order valence-electron chi connectivity index (χ1n) is 4.28. The highest BCUT2D eigenvalue weighted by atomic mass is 16.1. The molecule has 70 valence electrons. The zero-order valence-corrected chi connectivity index (χ0v) is 7.71. The van der Waals surface area contributed by atoms with Crippen molar-refractivity contribution in [1.29, 1.82) is 0 Å². The molecule has 0 aliphatic rings. The molecule has 0 N–H and O–H groups in total. The van der Waals surface area contributed by atoms with Gasteiger partial charge in [-0.15, -0.1) is 18.9 Å². The summed E-state index contributed by atoms with van der Waals surface area (Å²) in [6, 6.07) is 0. The van der Waals surface area contributed by atoms with Crippen LogP contribution >= 0.6 is 0 Å². The van der Waals surface area contributed by atoms with E-state index in [1.807, 2.05) is 0 Å². The van der Waals surface area contributed by atoms with Gasteiger partial charge in [0.25, 0.3) is 0 Å². The molecule has 0 unspecified atom stereocenters. The van der Waals surface area contributed by atoms with Crippen LogP contribution in [0.3, 0.4) is 0 Å². The topological polar surface area (TPSA) is 34.1 Å². The van der Waals surface area contributed by atoms with Crippen molar-refractivity contribution in [3.05, 3.63) is 12.7 Å². The van der Waals surface area contributed by atoms with E-state index in [0.717, 1.165) is 0 Å². The number of hydrogen-bond acceptors (Lipinski definition) is 2. The summed E-state index contributed by atoms with van der Waals surface area (Å²) in [6.07, 6.45) is 8.47. The molecule has 0 saturated heterocycles. The van der Waals surface area contributed by atoms with Crippen molar-refractivity contribution in [2.75, 3.05) is 0 Å². The van der Waals surface area contributed by atoms with Gasteiger partial charge >= 0.3 is 0 Å². The standard InChI is InChI=1S/C11H14O2/c1-3-5-7-10(12)9-11(13)8-6-4-2/h1,4H,2,5-9H2. The van der Waals surface area contributed by atoms with Gasteiger partial charge in [0, 0.05) is 19.3 Å². The van der Waals surface area contributed by atoms with E-state index in [4.69, 9.17) is 6.42 Å². The molecule has 0 heterocycles. The first-order chi connectivity index (χ1) is 6.20. The third kappa shape index (κ3) is 7.02. The maximum atomic E-state index is 11.1. The molecular weight excluding hydrogens is 164 g/mol. The first kappa shape index (κ1) is 11.6. The molecule has 0 aromatic heterocycles. The van der Waals surface area contributed by atoms with E-state index in [2.05, 4.69) is 12.5 Å². The van der Waals surface area contributed by atoms with E-state index in [0.29, 0.717) is 25.7 Å². The van der Waals surface area contributed by atoms with E-state index >= 15 is 0 Å². The summed E-state index contributed by atoms with van der Waals surface area (Å²) in [7, 11) is 0. The van der Waals surface area contributed by atoms with Crippen molar-refractivity contribution in [3.63, 3.8) is 0 Å². The molecule has 0 fully saturated rings. The first-order valence-corrected chi connectivity index (χ1v) is 4.28. The number of allylic oxidation sites excluding steroid dienone is 1. The number of carbonyl (C=O) groups is 2. The van der Waals surface area contributed by atoms with Gasteiger partial charge < -0.3 is 0 Å². The number of ketones is 2. The van der Waals surface area contributed by atoms with E-state index in [1.54, 1.807) is 6.08 Å². The fourth-order valence-corrected chi connectivity index (χ4v) is 0.871. The highest BCUT2D eigenvalue weighted by molar-refractivity contribution is 5.99. The van der Waals surface area contributed by atoms with Crippen LogP contribution in [0.1, 0.15) is 32.1 Å². The molecule has 0 amide bonds. The highest BCUT2D eigenvalue weighted by Crippen LogP contribution is 2.00. The Morgan fingerprint density at radius 1 is 1.31 bits per heavy atom. The smallest absolute Gasteiger partial charge is 0.141 e. The third-order valence-electron chi connectivity index (χ3n) is 1.57. The number of rotatable bonds is 7. The van der Waals surface area contributed by atoms with Crippen LogP contribution in [-0.2, 0) is 9.59 Å². The lowest BCUT2D eigenvalue weighted by atomic mass is 10.1. The maximum absolute atomic E-state index is 11.1. The second-order valence-electron chi connectivity index (χ2n) is 2.79. The second-order valence-corrected chi connectivity index (χ2v) is 2.79. The molecule has 0 aliphatic heterocycles. The summed E-state index contributed by atoms with van der Waals surface area (Å²) in [6.45, 7) is 3.50.